The number of nitrogens with zero attached hydrogens (tertiary/aromatic N) is 1. The molecular formula is C15H13NO2S. The van der Waals surface area contributed by atoms with Crippen molar-refractivity contribution in [2.75, 3.05) is 5.75 Å². The highest BCUT2D eigenvalue weighted by atomic mass is 32.2. The van der Waals surface area contributed by atoms with Crippen LogP contribution in [-0.2, 0) is 18.0 Å². The Labute approximate surface area is 116 Å². The fourth-order valence-electron chi connectivity index (χ4n) is 2.00. The van der Waals surface area contributed by atoms with Gasteiger partial charge in [-0.25, -0.2) is 4.98 Å². The lowest BCUT2D eigenvalue weighted by Gasteiger charge is -2.03. The van der Waals surface area contributed by atoms with Gasteiger partial charge < -0.3 is 4.74 Å². The molecule has 3 rings (SSSR count). The van der Waals surface area contributed by atoms with E-state index in [1.807, 2.05) is 36.4 Å². The van der Waals surface area contributed by atoms with E-state index < -0.39 is 0 Å². The average molecular weight is 271 g/mol. The van der Waals surface area contributed by atoms with E-state index in [2.05, 4.69) is 4.98 Å². The number of carbonyl (C=O) groups excluding carboxylic acids is 1. The van der Waals surface area contributed by atoms with Crippen molar-refractivity contribution in [2.45, 2.75) is 18.2 Å². The highest BCUT2D eigenvalue weighted by molar-refractivity contribution is 7.99. The average Bonchev–Trinajstić information content (AvgIpc) is 2.93. The Morgan fingerprint density at radius 2 is 2.11 bits per heavy atom. The SMILES string of the molecule is O=C(CSc1ccccn1)c1ccc2c(c1)COC2. The van der Waals surface area contributed by atoms with E-state index in [0.717, 1.165) is 16.2 Å². The van der Waals surface area contributed by atoms with Crippen molar-refractivity contribution in [3.63, 3.8) is 0 Å². The highest BCUT2D eigenvalue weighted by Crippen LogP contribution is 2.22. The third-order valence-corrected chi connectivity index (χ3v) is 3.98. The number of hydrogen-bond donors (Lipinski definition) is 0. The summed E-state index contributed by atoms with van der Waals surface area (Å²) in [5.74, 6) is 0.543. The summed E-state index contributed by atoms with van der Waals surface area (Å²) >= 11 is 1.46. The Bertz CT molecular complexity index is 598. The van der Waals surface area contributed by atoms with Crippen LogP contribution in [0.3, 0.4) is 0 Å². The molecular weight excluding hydrogens is 258 g/mol. The third-order valence-electron chi connectivity index (χ3n) is 3.03. The van der Waals surface area contributed by atoms with Crippen LogP contribution in [0, 0.1) is 0 Å². The zero-order valence-electron chi connectivity index (χ0n) is 10.3. The molecule has 0 amide bonds. The Balaban J connectivity index is 1.67. The Hall–Kier alpha value is -1.65. The molecule has 1 aromatic carbocycles. The number of hydrogen-bond acceptors (Lipinski definition) is 4. The van der Waals surface area contributed by atoms with Gasteiger partial charge >= 0.3 is 0 Å². The number of Topliss-reactive ketones (excluding diaryl/α,β-unsaturated/α-hetero) is 1. The molecule has 0 saturated carbocycles. The number of rotatable bonds is 4. The van der Waals surface area contributed by atoms with E-state index in [1.54, 1.807) is 6.20 Å². The van der Waals surface area contributed by atoms with Crippen LogP contribution < -0.4 is 0 Å². The second-order valence-electron chi connectivity index (χ2n) is 4.36. The van der Waals surface area contributed by atoms with E-state index in [-0.39, 0.29) is 5.78 Å². The van der Waals surface area contributed by atoms with Crippen LogP contribution >= 0.6 is 11.8 Å². The van der Waals surface area contributed by atoms with E-state index in [9.17, 15) is 4.79 Å². The zero-order chi connectivity index (χ0) is 13.1. The van der Waals surface area contributed by atoms with Gasteiger partial charge in [0.2, 0.25) is 0 Å². The normalized spacial score (nSPS) is 13.3. The monoisotopic (exact) mass is 271 g/mol. The molecule has 0 N–H and O–H groups in total. The van der Waals surface area contributed by atoms with Gasteiger partial charge in [-0.15, -0.1) is 0 Å². The van der Waals surface area contributed by atoms with Crippen LogP contribution in [-0.4, -0.2) is 16.5 Å². The number of thioether (sulfide) groups is 1. The number of aromatic nitrogens is 1. The Kier molecular flexibility index (Phi) is 3.62. The maximum absolute atomic E-state index is 12.1. The van der Waals surface area contributed by atoms with E-state index in [1.165, 1.54) is 17.3 Å². The summed E-state index contributed by atoms with van der Waals surface area (Å²) in [6.45, 7) is 1.27. The van der Waals surface area contributed by atoms with Gasteiger partial charge in [0, 0.05) is 11.8 Å². The first-order valence-corrected chi connectivity index (χ1v) is 7.08. The molecule has 19 heavy (non-hydrogen) atoms. The minimum absolute atomic E-state index is 0.130. The summed E-state index contributed by atoms with van der Waals surface area (Å²) in [5.41, 5.74) is 3.08. The van der Waals surface area contributed by atoms with Gasteiger partial charge in [0.25, 0.3) is 0 Å². The number of ether oxygens (including phenoxy) is 1. The first-order chi connectivity index (χ1) is 9.33. The maximum atomic E-state index is 12.1. The number of ketones is 1. The summed E-state index contributed by atoms with van der Waals surface area (Å²) in [6, 6.07) is 11.5. The summed E-state index contributed by atoms with van der Waals surface area (Å²) in [7, 11) is 0. The number of benzene rings is 1. The Morgan fingerprint density at radius 1 is 1.21 bits per heavy atom. The summed E-state index contributed by atoms with van der Waals surface area (Å²) in [5, 5.41) is 0.875. The quantitative estimate of drug-likeness (QED) is 0.633. The molecule has 0 atom stereocenters. The second kappa shape index (κ2) is 5.55. The summed E-state index contributed by atoms with van der Waals surface area (Å²) < 4.78 is 5.35. The molecule has 1 aromatic heterocycles. The molecule has 4 heteroatoms. The van der Waals surface area contributed by atoms with Crippen molar-refractivity contribution in [2.24, 2.45) is 0 Å². The lowest BCUT2D eigenvalue weighted by atomic mass is 10.0. The predicted molar refractivity (Wildman–Crippen MR) is 74.2 cm³/mol. The molecule has 0 spiro atoms. The van der Waals surface area contributed by atoms with Crippen molar-refractivity contribution in [3.8, 4) is 0 Å². The fraction of sp³-hybridized carbons (Fsp3) is 0.200. The van der Waals surface area contributed by atoms with Crippen LogP contribution in [0.15, 0.2) is 47.6 Å². The number of pyridine rings is 1. The molecule has 0 bridgehead atoms. The standard InChI is InChI=1S/C15H13NO2S/c17-14(10-19-15-3-1-2-6-16-15)11-4-5-12-8-18-9-13(12)7-11/h1-7H,8-10H2. The minimum Gasteiger partial charge on any atom is -0.372 e. The van der Waals surface area contributed by atoms with Gasteiger partial charge in [0.1, 0.15) is 0 Å². The van der Waals surface area contributed by atoms with Crippen molar-refractivity contribution in [1.82, 2.24) is 4.98 Å². The lowest BCUT2D eigenvalue weighted by Crippen LogP contribution is -2.03. The molecule has 96 valence electrons. The molecule has 0 saturated heterocycles. The van der Waals surface area contributed by atoms with Gasteiger partial charge in [-0.1, -0.05) is 30.0 Å². The van der Waals surface area contributed by atoms with Gasteiger partial charge in [0.15, 0.2) is 5.78 Å². The van der Waals surface area contributed by atoms with Gasteiger partial charge in [-0.2, -0.15) is 0 Å². The highest BCUT2D eigenvalue weighted by Gasteiger charge is 2.14. The topological polar surface area (TPSA) is 39.2 Å². The smallest absolute Gasteiger partial charge is 0.173 e. The van der Waals surface area contributed by atoms with Crippen LogP contribution in [0.1, 0.15) is 21.5 Å². The van der Waals surface area contributed by atoms with E-state index in [0.29, 0.717) is 19.0 Å². The number of carbonyl (C=O) groups is 1. The van der Waals surface area contributed by atoms with Crippen molar-refractivity contribution < 1.29 is 9.53 Å². The molecule has 0 aliphatic carbocycles. The summed E-state index contributed by atoms with van der Waals surface area (Å²) in [6.07, 6.45) is 1.74. The van der Waals surface area contributed by atoms with Crippen LogP contribution in [0.25, 0.3) is 0 Å². The first-order valence-electron chi connectivity index (χ1n) is 6.09. The summed E-state index contributed by atoms with van der Waals surface area (Å²) in [4.78, 5) is 16.3. The van der Waals surface area contributed by atoms with E-state index in [4.69, 9.17) is 4.74 Å². The maximum Gasteiger partial charge on any atom is 0.173 e. The second-order valence-corrected chi connectivity index (χ2v) is 5.35. The van der Waals surface area contributed by atoms with Crippen molar-refractivity contribution >= 4 is 17.5 Å². The molecule has 2 heterocycles. The third kappa shape index (κ3) is 2.85. The van der Waals surface area contributed by atoms with Gasteiger partial charge in [0.05, 0.1) is 24.0 Å². The predicted octanol–water partition coefficient (Wildman–Crippen LogP) is 3.09. The Morgan fingerprint density at radius 3 is 2.95 bits per heavy atom. The zero-order valence-corrected chi connectivity index (χ0v) is 11.2. The molecule has 0 unspecified atom stereocenters. The van der Waals surface area contributed by atoms with Crippen LogP contribution in [0.5, 0.6) is 0 Å². The van der Waals surface area contributed by atoms with E-state index >= 15 is 0 Å². The van der Waals surface area contributed by atoms with Gasteiger partial charge in [-0.3, -0.25) is 4.79 Å². The van der Waals surface area contributed by atoms with Crippen LogP contribution in [0.2, 0.25) is 0 Å². The molecule has 0 radical (unpaired) electrons. The molecule has 0 fully saturated rings. The van der Waals surface area contributed by atoms with Gasteiger partial charge in [-0.05, 0) is 29.3 Å². The number of fused-ring (bicyclic) bond motifs is 1. The minimum atomic E-state index is 0.130. The van der Waals surface area contributed by atoms with Crippen LogP contribution in [0.4, 0.5) is 0 Å². The fourth-order valence-corrected chi connectivity index (χ4v) is 2.76. The first kappa shape index (κ1) is 12.4. The largest absolute Gasteiger partial charge is 0.372 e. The molecule has 1 aliphatic heterocycles. The lowest BCUT2D eigenvalue weighted by molar-refractivity contribution is 0.102. The van der Waals surface area contributed by atoms with Crippen molar-refractivity contribution in [3.05, 3.63) is 59.3 Å². The van der Waals surface area contributed by atoms with Crippen molar-refractivity contribution in [1.29, 1.82) is 0 Å². The molecule has 3 nitrogen and oxygen atoms in total. The molecule has 2 aromatic rings. The molecule has 1 aliphatic rings.